The second kappa shape index (κ2) is 5.95. The van der Waals surface area contributed by atoms with E-state index in [0.29, 0.717) is 32.6 Å². The quantitative estimate of drug-likeness (QED) is 0.857. The van der Waals surface area contributed by atoms with Crippen LogP contribution in [0.2, 0.25) is 0 Å². The summed E-state index contributed by atoms with van der Waals surface area (Å²) in [5.74, 6) is 0.122. The third kappa shape index (κ3) is 2.89. The highest BCUT2D eigenvalue weighted by Crippen LogP contribution is 2.19. The standard InChI is InChI=1S/C17H17N2O2/c20-13-18-8-10-19(11-9-18)17(21)12-15-6-3-5-14-4-1-2-7-16(14)15/h1-7H,8-12H2. The number of benzene rings is 2. The summed E-state index contributed by atoms with van der Waals surface area (Å²) in [4.78, 5) is 26.4. The van der Waals surface area contributed by atoms with Crippen LogP contribution in [-0.2, 0) is 16.0 Å². The summed E-state index contributed by atoms with van der Waals surface area (Å²) in [6.45, 7) is 2.34. The van der Waals surface area contributed by atoms with Crippen LogP contribution in [-0.4, -0.2) is 48.3 Å². The number of carbonyl (C=O) groups excluding carboxylic acids is 2. The van der Waals surface area contributed by atoms with Gasteiger partial charge >= 0.3 is 6.41 Å². The Morgan fingerprint density at radius 3 is 2.48 bits per heavy atom. The first-order valence-electron chi connectivity index (χ1n) is 7.15. The SMILES string of the molecule is O=[C]N1CCN(C(=O)Cc2cccc3ccccc23)CC1. The van der Waals surface area contributed by atoms with Crippen molar-refractivity contribution in [3.63, 3.8) is 0 Å². The van der Waals surface area contributed by atoms with Gasteiger partial charge in [-0.25, -0.2) is 0 Å². The molecule has 0 N–H and O–H groups in total. The lowest BCUT2D eigenvalue weighted by Crippen LogP contribution is -2.48. The summed E-state index contributed by atoms with van der Waals surface area (Å²) >= 11 is 0. The largest absolute Gasteiger partial charge is 0.339 e. The van der Waals surface area contributed by atoms with Gasteiger partial charge in [-0.3, -0.25) is 9.59 Å². The first-order chi connectivity index (χ1) is 10.3. The van der Waals surface area contributed by atoms with Crippen molar-refractivity contribution in [1.29, 1.82) is 0 Å². The maximum absolute atomic E-state index is 12.4. The highest BCUT2D eigenvalue weighted by atomic mass is 16.2. The van der Waals surface area contributed by atoms with Crippen molar-refractivity contribution in [1.82, 2.24) is 9.80 Å². The summed E-state index contributed by atoms with van der Waals surface area (Å²) in [7, 11) is 0. The number of amides is 2. The van der Waals surface area contributed by atoms with Gasteiger partial charge in [-0.1, -0.05) is 42.5 Å². The molecule has 1 fully saturated rings. The number of fused-ring (bicyclic) bond motifs is 1. The molecule has 0 aliphatic carbocycles. The number of hydrogen-bond donors (Lipinski definition) is 0. The highest BCUT2D eigenvalue weighted by molar-refractivity contribution is 5.90. The molecule has 1 saturated heterocycles. The Morgan fingerprint density at radius 2 is 1.71 bits per heavy atom. The molecule has 4 nitrogen and oxygen atoms in total. The topological polar surface area (TPSA) is 40.6 Å². The van der Waals surface area contributed by atoms with Crippen LogP contribution >= 0.6 is 0 Å². The van der Waals surface area contributed by atoms with Crippen molar-refractivity contribution >= 4 is 23.1 Å². The Bertz CT molecular complexity index is 655. The molecule has 2 aromatic rings. The van der Waals surface area contributed by atoms with Gasteiger partial charge in [0.05, 0.1) is 6.42 Å². The molecule has 0 spiro atoms. The Balaban J connectivity index is 1.73. The lowest BCUT2D eigenvalue weighted by molar-refractivity contribution is -0.131. The summed E-state index contributed by atoms with van der Waals surface area (Å²) in [5.41, 5.74) is 1.06. The molecule has 0 aromatic heterocycles. The third-order valence-electron chi connectivity index (χ3n) is 3.98. The zero-order chi connectivity index (χ0) is 14.7. The average Bonchev–Trinajstić information content (AvgIpc) is 2.55. The molecule has 0 bridgehead atoms. The van der Waals surface area contributed by atoms with Gasteiger partial charge in [-0.05, 0) is 16.3 Å². The lowest BCUT2D eigenvalue weighted by atomic mass is 10.0. The van der Waals surface area contributed by atoms with Crippen LogP contribution in [0.1, 0.15) is 5.56 Å². The van der Waals surface area contributed by atoms with Crippen molar-refractivity contribution < 1.29 is 9.59 Å². The number of rotatable bonds is 3. The summed E-state index contributed by atoms with van der Waals surface area (Å²) in [5, 5.41) is 2.29. The van der Waals surface area contributed by atoms with E-state index < -0.39 is 0 Å². The van der Waals surface area contributed by atoms with E-state index >= 15 is 0 Å². The minimum Gasteiger partial charge on any atom is -0.339 e. The van der Waals surface area contributed by atoms with Gasteiger partial charge in [-0.15, -0.1) is 0 Å². The number of piperazine rings is 1. The van der Waals surface area contributed by atoms with Gasteiger partial charge in [0, 0.05) is 26.2 Å². The van der Waals surface area contributed by atoms with Gasteiger partial charge < -0.3 is 9.80 Å². The van der Waals surface area contributed by atoms with Gasteiger partial charge in [0.25, 0.3) is 0 Å². The minimum atomic E-state index is 0.122. The molecule has 21 heavy (non-hydrogen) atoms. The molecular formula is C17H17N2O2. The summed E-state index contributed by atoms with van der Waals surface area (Å²) < 4.78 is 0. The van der Waals surface area contributed by atoms with Crippen LogP contribution in [0, 0.1) is 0 Å². The zero-order valence-electron chi connectivity index (χ0n) is 11.8. The van der Waals surface area contributed by atoms with Crippen molar-refractivity contribution in [3.05, 3.63) is 48.0 Å². The molecule has 0 atom stereocenters. The molecule has 0 saturated carbocycles. The molecule has 2 aromatic carbocycles. The molecule has 2 amide bonds. The molecule has 1 heterocycles. The van der Waals surface area contributed by atoms with Gasteiger partial charge in [0.15, 0.2) is 0 Å². The van der Waals surface area contributed by atoms with E-state index in [1.165, 1.54) is 0 Å². The molecule has 4 heteroatoms. The van der Waals surface area contributed by atoms with Gasteiger partial charge in [0.1, 0.15) is 0 Å². The predicted molar refractivity (Wildman–Crippen MR) is 81.5 cm³/mol. The Hall–Kier alpha value is -2.36. The van der Waals surface area contributed by atoms with E-state index in [9.17, 15) is 9.59 Å². The van der Waals surface area contributed by atoms with E-state index in [1.807, 2.05) is 35.6 Å². The average molecular weight is 281 g/mol. The molecule has 1 aliphatic rings. The van der Waals surface area contributed by atoms with Crippen LogP contribution in [0.3, 0.4) is 0 Å². The van der Waals surface area contributed by atoms with Crippen LogP contribution < -0.4 is 0 Å². The van der Waals surface area contributed by atoms with Crippen molar-refractivity contribution in [3.8, 4) is 0 Å². The molecule has 1 aliphatic heterocycles. The fourth-order valence-electron chi connectivity index (χ4n) is 2.77. The first-order valence-corrected chi connectivity index (χ1v) is 7.15. The molecule has 3 rings (SSSR count). The van der Waals surface area contributed by atoms with Crippen molar-refractivity contribution in [2.75, 3.05) is 26.2 Å². The number of hydrogen-bond acceptors (Lipinski definition) is 2. The first kappa shape index (κ1) is 13.6. The van der Waals surface area contributed by atoms with Crippen molar-refractivity contribution in [2.45, 2.75) is 6.42 Å². The van der Waals surface area contributed by atoms with E-state index in [1.54, 1.807) is 4.90 Å². The smallest absolute Gasteiger partial charge is 0.312 e. The van der Waals surface area contributed by atoms with Crippen molar-refractivity contribution in [2.24, 2.45) is 0 Å². The Kier molecular flexibility index (Phi) is 3.86. The zero-order valence-corrected chi connectivity index (χ0v) is 11.8. The number of nitrogens with zero attached hydrogens (tertiary/aromatic N) is 2. The fourth-order valence-corrected chi connectivity index (χ4v) is 2.77. The normalized spacial score (nSPS) is 15.2. The summed E-state index contributed by atoms with van der Waals surface area (Å²) in [6, 6.07) is 14.2. The maximum Gasteiger partial charge on any atom is 0.312 e. The van der Waals surface area contributed by atoms with E-state index in [2.05, 4.69) is 18.2 Å². The molecule has 107 valence electrons. The van der Waals surface area contributed by atoms with Crippen LogP contribution in [0.25, 0.3) is 10.8 Å². The predicted octanol–water partition coefficient (Wildman–Crippen LogP) is 1.59. The lowest BCUT2D eigenvalue weighted by Gasteiger charge is -2.32. The number of carbonyl (C=O) groups is 1. The maximum atomic E-state index is 12.4. The van der Waals surface area contributed by atoms with Crippen LogP contribution in [0.5, 0.6) is 0 Å². The fraction of sp³-hybridized carbons (Fsp3) is 0.294. The monoisotopic (exact) mass is 281 g/mol. The van der Waals surface area contributed by atoms with Crippen LogP contribution in [0.4, 0.5) is 0 Å². The van der Waals surface area contributed by atoms with Crippen LogP contribution in [0.15, 0.2) is 42.5 Å². The second-order valence-electron chi connectivity index (χ2n) is 5.27. The van der Waals surface area contributed by atoms with Gasteiger partial charge in [0.2, 0.25) is 5.91 Å². The molecule has 0 unspecified atom stereocenters. The highest BCUT2D eigenvalue weighted by Gasteiger charge is 2.20. The van der Waals surface area contributed by atoms with E-state index in [4.69, 9.17) is 0 Å². The van der Waals surface area contributed by atoms with Gasteiger partial charge in [-0.2, -0.15) is 0 Å². The third-order valence-corrected chi connectivity index (χ3v) is 3.98. The second-order valence-corrected chi connectivity index (χ2v) is 5.27. The molecular weight excluding hydrogens is 264 g/mol. The molecule has 1 radical (unpaired) electrons. The summed E-state index contributed by atoms with van der Waals surface area (Å²) in [6.07, 6.45) is 2.29. The van der Waals surface area contributed by atoms with E-state index in [-0.39, 0.29) is 5.91 Å². The Labute approximate surface area is 124 Å². The van der Waals surface area contributed by atoms with E-state index in [0.717, 1.165) is 16.3 Å². The minimum absolute atomic E-state index is 0.122. The Morgan fingerprint density at radius 1 is 1.00 bits per heavy atom.